The number of benzene rings is 1. The highest BCUT2D eigenvalue weighted by Crippen LogP contribution is 2.28. The van der Waals surface area contributed by atoms with E-state index in [2.05, 4.69) is 4.98 Å². The van der Waals surface area contributed by atoms with Crippen LogP contribution in [0.2, 0.25) is 0 Å². The van der Waals surface area contributed by atoms with E-state index in [-0.39, 0.29) is 0 Å². The summed E-state index contributed by atoms with van der Waals surface area (Å²) in [5.41, 5.74) is 9.90. The molecule has 1 aromatic heterocycles. The number of rotatable bonds is 3. The lowest BCUT2D eigenvalue weighted by Gasteiger charge is -2.09. The summed E-state index contributed by atoms with van der Waals surface area (Å²) in [5.74, 6) is 0.784. The molecule has 0 saturated heterocycles. The van der Waals surface area contributed by atoms with Crippen molar-refractivity contribution in [1.82, 2.24) is 4.98 Å². The van der Waals surface area contributed by atoms with Crippen LogP contribution in [0.25, 0.3) is 11.1 Å². The number of nitrogens with two attached hydrogens (primary N) is 1. The summed E-state index contributed by atoms with van der Waals surface area (Å²) >= 11 is 0. The third-order valence-corrected chi connectivity index (χ3v) is 2.71. The molecule has 0 bridgehead atoms. The van der Waals surface area contributed by atoms with Crippen molar-refractivity contribution < 1.29 is 4.74 Å². The van der Waals surface area contributed by atoms with Crippen molar-refractivity contribution in [1.29, 1.82) is 0 Å². The third kappa shape index (κ3) is 2.38. The van der Waals surface area contributed by atoms with Gasteiger partial charge in [-0.25, -0.2) is 0 Å². The highest BCUT2D eigenvalue weighted by Gasteiger charge is 2.05. The SMILES string of the molecule is CCOc1cncc(-c2cccc(N)c2C)c1. The zero-order valence-corrected chi connectivity index (χ0v) is 10.1. The number of hydrogen-bond acceptors (Lipinski definition) is 3. The lowest BCUT2D eigenvalue weighted by atomic mass is 10.0. The zero-order chi connectivity index (χ0) is 12.3. The molecule has 0 fully saturated rings. The predicted octanol–water partition coefficient (Wildman–Crippen LogP) is 3.04. The summed E-state index contributed by atoms with van der Waals surface area (Å²) in [6.45, 7) is 4.61. The van der Waals surface area contributed by atoms with E-state index in [0.29, 0.717) is 6.61 Å². The number of pyridine rings is 1. The summed E-state index contributed by atoms with van der Waals surface area (Å²) in [6.07, 6.45) is 3.54. The first-order chi connectivity index (χ1) is 8.22. The van der Waals surface area contributed by atoms with Crippen LogP contribution < -0.4 is 10.5 Å². The van der Waals surface area contributed by atoms with Gasteiger partial charge in [-0.2, -0.15) is 0 Å². The van der Waals surface area contributed by atoms with E-state index in [1.165, 1.54) is 0 Å². The molecule has 17 heavy (non-hydrogen) atoms. The second-order valence-corrected chi connectivity index (χ2v) is 3.86. The summed E-state index contributed by atoms with van der Waals surface area (Å²) in [7, 11) is 0. The van der Waals surface area contributed by atoms with Crippen LogP contribution in [0, 0.1) is 6.92 Å². The Kier molecular flexibility index (Phi) is 3.28. The van der Waals surface area contributed by atoms with Crippen molar-refractivity contribution in [2.45, 2.75) is 13.8 Å². The smallest absolute Gasteiger partial charge is 0.138 e. The maximum atomic E-state index is 5.90. The number of nitrogens with zero attached hydrogens (tertiary/aromatic N) is 1. The Morgan fingerprint density at radius 3 is 2.88 bits per heavy atom. The van der Waals surface area contributed by atoms with Crippen LogP contribution in [0.4, 0.5) is 5.69 Å². The van der Waals surface area contributed by atoms with Crippen LogP contribution >= 0.6 is 0 Å². The number of anilines is 1. The first-order valence-electron chi connectivity index (χ1n) is 5.65. The first-order valence-corrected chi connectivity index (χ1v) is 5.65. The molecule has 0 radical (unpaired) electrons. The van der Waals surface area contributed by atoms with Crippen molar-refractivity contribution in [3.05, 3.63) is 42.2 Å². The molecule has 0 unspecified atom stereocenters. The second kappa shape index (κ2) is 4.87. The standard InChI is InChI=1S/C14H16N2O/c1-3-17-12-7-11(8-16-9-12)13-5-4-6-14(15)10(13)2/h4-9H,3,15H2,1-2H3. The second-order valence-electron chi connectivity index (χ2n) is 3.86. The Labute approximate surface area is 101 Å². The van der Waals surface area contributed by atoms with Crippen LogP contribution in [0.5, 0.6) is 5.75 Å². The van der Waals surface area contributed by atoms with Gasteiger partial charge in [-0.3, -0.25) is 4.98 Å². The van der Waals surface area contributed by atoms with Gasteiger partial charge in [0, 0.05) is 17.4 Å². The molecular weight excluding hydrogens is 212 g/mol. The highest BCUT2D eigenvalue weighted by atomic mass is 16.5. The normalized spacial score (nSPS) is 10.2. The van der Waals surface area contributed by atoms with E-state index >= 15 is 0 Å². The van der Waals surface area contributed by atoms with Crippen LogP contribution in [0.15, 0.2) is 36.7 Å². The van der Waals surface area contributed by atoms with Gasteiger partial charge in [-0.05, 0) is 37.1 Å². The Morgan fingerprint density at radius 1 is 1.29 bits per heavy atom. The molecule has 2 aromatic rings. The van der Waals surface area contributed by atoms with Gasteiger partial charge < -0.3 is 10.5 Å². The molecule has 1 heterocycles. The van der Waals surface area contributed by atoms with Gasteiger partial charge in [0.05, 0.1) is 12.8 Å². The Bertz CT molecular complexity index is 523. The molecule has 2 rings (SSSR count). The topological polar surface area (TPSA) is 48.1 Å². The minimum absolute atomic E-state index is 0.640. The Hall–Kier alpha value is -2.03. The van der Waals surface area contributed by atoms with E-state index in [1.54, 1.807) is 6.20 Å². The number of aromatic nitrogens is 1. The fraction of sp³-hybridized carbons (Fsp3) is 0.214. The van der Waals surface area contributed by atoms with E-state index in [1.807, 2.05) is 44.3 Å². The summed E-state index contributed by atoms with van der Waals surface area (Å²) < 4.78 is 5.44. The molecule has 0 aliphatic rings. The fourth-order valence-electron chi connectivity index (χ4n) is 1.78. The van der Waals surface area contributed by atoms with Gasteiger partial charge in [-0.1, -0.05) is 12.1 Å². The quantitative estimate of drug-likeness (QED) is 0.821. The summed E-state index contributed by atoms with van der Waals surface area (Å²) in [4.78, 5) is 4.18. The van der Waals surface area contributed by atoms with Crippen LogP contribution in [-0.2, 0) is 0 Å². The molecule has 0 saturated carbocycles. The molecule has 0 aliphatic carbocycles. The van der Waals surface area contributed by atoms with Gasteiger partial charge in [0.1, 0.15) is 5.75 Å². The van der Waals surface area contributed by atoms with Gasteiger partial charge in [0.2, 0.25) is 0 Å². The van der Waals surface area contributed by atoms with Crippen molar-refractivity contribution in [3.8, 4) is 16.9 Å². The van der Waals surface area contributed by atoms with Gasteiger partial charge in [0.25, 0.3) is 0 Å². The molecular formula is C14H16N2O. The van der Waals surface area contributed by atoms with E-state index in [4.69, 9.17) is 10.5 Å². The molecule has 3 nitrogen and oxygen atoms in total. The summed E-state index contributed by atoms with van der Waals surface area (Å²) in [6, 6.07) is 7.88. The van der Waals surface area contributed by atoms with E-state index in [9.17, 15) is 0 Å². The maximum absolute atomic E-state index is 5.90. The lowest BCUT2D eigenvalue weighted by Crippen LogP contribution is -1.95. The lowest BCUT2D eigenvalue weighted by molar-refractivity contribution is 0.339. The van der Waals surface area contributed by atoms with Crippen molar-refractivity contribution in [2.75, 3.05) is 12.3 Å². The number of hydrogen-bond donors (Lipinski definition) is 1. The first kappa shape index (κ1) is 11.5. The largest absolute Gasteiger partial charge is 0.492 e. The minimum atomic E-state index is 0.640. The molecule has 3 heteroatoms. The van der Waals surface area contributed by atoms with Gasteiger partial charge in [-0.15, -0.1) is 0 Å². The predicted molar refractivity (Wildman–Crippen MR) is 70.0 cm³/mol. The molecule has 1 aromatic carbocycles. The Morgan fingerprint density at radius 2 is 2.12 bits per heavy atom. The van der Waals surface area contributed by atoms with E-state index in [0.717, 1.165) is 28.1 Å². The van der Waals surface area contributed by atoms with Crippen LogP contribution in [-0.4, -0.2) is 11.6 Å². The molecule has 0 aliphatic heterocycles. The fourth-order valence-corrected chi connectivity index (χ4v) is 1.78. The van der Waals surface area contributed by atoms with Crippen molar-refractivity contribution in [3.63, 3.8) is 0 Å². The maximum Gasteiger partial charge on any atom is 0.138 e. The van der Waals surface area contributed by atoms with Gasteiger partial charge in [0.15, 0.2) is 0 Å². The van der Waals surface area contributed by atoms with Crippen LogP contribution in [0.1, 0.15) is 12.5 Å². The monoisotopic (exact) mass is 228 g/mol. The van der Waals surface area contributed by atoms with Crippen molar-refractivity contribution in [2.24, 2.45) is 0 Å². The molecule has 0 atom stereocenters. The third-order valence-electron chi connectivity index (χ3n) is 2.71. The summed E-state index contributed by atoms with van der Waals surface area (Å²) in [5, 5.41) is 0. The van der Waals surface area contributed by atoms with Crippen LogP contribution in [0.3, 0.4) is 0 Å². The zero-order valence-electron chi connectivity index (χ0n) is 10.1. The highest BCUT2D eigenvalue weighted by molar-refractivity contribution is 5.72. The molecule has 0 amide bonds. The average molecular weight is 228 g/mol. The minimum Gasteiger partial charge on any atom is -0.492 e. The average Bonchev–Trinajstić information content (AvgIpc) is 2.33. The van der Waals surface area contributed by atoms with Gasteiger partial charge >= 0.3 is 0 Å². The van der Waals surface area contributed by atoms with Crippen molar-refractivity contribution >= 4 is 5.69 Å². The molecule has 88 valence electrons. The molecule has 2 N–H and O–H groups in total. The van der Waals surface area contributed by atoms with E-state index < -0.39 is 0 Å². The Balaban J connectivity index is 2.45. The molecule has 0 spiro atoms. The number of ether oxygens (including phenoxy) is 1. The number of nitrogen functional groups attached to an aromatic ring is 1.